The van der Waals surface area contributed by atoms with Crippen LogP contribution in [0.25, 0.3) is 0 Å². The number of hydrogen-bond donors (Lipinski definition) is 0. The zero-order valence-electron chi connectivity index (χ0n) is 16.5. The first-order chi connectivity index (χ1) is 13.4. The number of likely N-dealkylation sites (N-methyl/N-ethyl adjacent to an activating group) is 1. The Morgan fingerprint density at radius 3 is 2.68 bits per heavy atom. The molecule has 150 valence electrons. The van der Waals surface area contributed by atoms with Gasteiger partial charge < -0.3 is 14.5 Å². The van der Waals surface area contributed by atoms with Crippen molar-refractivity contribution in [3.8, 4) is 0 Å². The van der Waals surface area contributed by atoms with Crippen molar-refractivity contribution >= 4 is 11.6 Å². The molecule has 2 saturated heterocycles. The lowest BCUT2D eigenvalue weighted by Crippen LogP contribution is -2.47. The number of carbonyl (C=O) groups excluding carboxylic acids is 1. The molecule has 4 rings (SSSR count). The van der Waals surface area contributed by atoms with Crippen LogP contribution in [0.5, 0.6) is 0 Å². The largest absolute Gasteiger partial charge is 0.373 e. The van der Waals surface area contributed by atoms with Gasteiger partial charge in [-0.2, -0.15) is 5.10 Å². The van der Waals surface area contributed by atoms with E-state index in [1.54, 1.807) is 23.0 Å². The maximum Gasteiger partial charge on any atom is 0.244 e. The quantitative estimate of drug-likeness (QED) is 0.811. The topological polar surface area (TPSA) is 50.6 Å². The Morgan fingerprint density at radius 2 is 2.04 bits per heavy atom. The minimum Gasteiger partial charge on any atom is -0.373 e. The van der Waals surface area contributed by atoms with Crippen LogP contribution in [0.15, 0.2) is 36.7 Å². The Morgan fingerprint density at radius 1 is 1.32 bits per heavy atom. The van der Waals surface area contributed by atoms with Crippen LogP contribution < -0.4 is 4.90 Å². The maximum absolute atomic E-state index is 13.2. The summed E-state index contributed by atoms with van der Waals surface area (Å²) in [4.78, 5) is 16.6. The van der Waals surface area contributed by atoms with Crippen LogP contribution in [0, 0.1) is 12.7 Å². The fourth-order valence-electron chi connectivity index (χ4n) is 4.26. The summed E-state index contributed by atoms with van der Waals surface area (Å²) in [6.07, 6.45) is 6.29. The maximum atomic E-state index is 13.2. The van der Waals surface area contributed by atoms with Crippen molar-refractivity contribution in [2.75, 3.05) is 31.6 Å². The van der Waals surface area contributed by atoms with Crippen LogP contribution in [0.1, 0.15) is 24.8 Å². The third-order valence-corrected chi connectivity index (χ3v) is 6.06. The van der Waals surface area contributed by atoms with Gasteiger partial charge in [0, 0.05) is 32.0 Å². The number of ether oxygens (including phenoxy) is 1. The van der Waals surface area contributed by atoms with E-state index in [0.717, 1.165) is 30.5 Å². The molecule has 0 N–H and O–H groups in total. The fourth-order valence-corrected chi connectivity index (χ4v) is 4.26. The molecule has 1 spiro atoms. The zero-order valence-corrected chi connectivity index (χ0v) is 16.5. The van der Waals surface area contributed by atoms with Gasteiger partial charge >= 0.3 is 0 Å². The summed E-state index contributed by atoms with van der Waals surface area (Å²) in [5.41, 5.74) is 1.90. The van der Waals surface area contributed by atoms with Crippen molar-refractivity contribution in [3.63, 3.8) is 0 Å². The van der Waals surface area contributed by atoms with E-state index in [9.17, 15) is 9.18 Å². The molecule has 0 radical (unpaired) electrons. The van der Waals surface area contributed by atoms with Crippen LogP contribution in [0.4, 0.5) is 10.1 Å². The van der Waals surface area contributed by atoms with Crippen molar-refractivity contribution in [2.24, 2.45) is 0 Å². The molecule has 28 heavy (non-hydrogen) atoms. The van der Waals surface area contributed by atoms with Gasteiger partial charge in [0.15, 0.2) is 0 Å². The van der Waals surface area contributed by atoms with Gasteiger partial charge in [-0.05, 0) is 56.0 Å². The molecule has 2 aliphatic rings. The molecule has 0 aliphatic carbocycles. The average molecular weight is 386 g/mol. The van der Waals surface area contributed by atoms with Gasteiger partial charge in [-0.3, -0.25) is 9.48 Å². The number of benzene rings is 1. The second-order valence-electron chi connectivity index (χ2n) is 8.04. The molecule has 0 unspecified atom stereocenters. The first-order valence-corrected chi connectivity index (χ1v) is 9.83. The highest BCUT2D eigenvalue weighted by Gasteiger charge is 2.44. The summed E-state index contributed by atoms with van der Waals surface area (Å²) in [5.74, 6) is -0.116. The fraction of sp³-hybridized carbons (Fsp3) is 0.524. The predicted octanol–water partition coefficient (Wildman–Crippen LogP) is 2.62. The Kier molecular flexibility index (Phi) is 5.10. The average Bonchev–Trinajstić information content (AvgIpc) is 3.29. The van der Waals surface area contributed by atoms with E-state index >= 15 is 0 Å². The van der Waals surface area contributed by atoms with Crippen molar-refractivity contribution in [2.45, 2.75) is 44.4 Å². The molecule has 2 fully saturated rings. The Labute approximate surface area is 164 Å². The first-order valence-electron chi connectivity index (χ1n) is 9.83. The molecular formula is C21H27FN4O2. The second kappa shape index (κ2) is 7.54. The summed E-state index contributed by atoms with van der Waals surface area (Å²) in [5, 5.41) is 4.20. The summed E-state index contributed by atoms with van der Waals surface area (Å²) in [7, 11) is 2.03. The minimum absolute atomic E-state index is 0.107. The number of rotatable bonds is 4. The Balaban J connectivity index is 1.32. The molecule has 1 atom stereocenters. The van der Waals surface area contributed by atoms with E-state index in [0.29, 0.717) is 19.7 Å². The van der Waals surface area contributed by atoms with Gasteiger partial charge in [0.2, 0.25) is 5.91 Å². The SMILES string of the molecule is Cc1cnn(CC(=O)N2CCC3(CC2)C[C@@H](N(C)c2ccc(F)cc2)CO3)c1. The lowest BCUT2D eigenvalue weighted by molar-refractivity contribution is -0.136. The van der Waals surface area contributed by atoms with Crippen molar-refractivity contribution in [1.82, 2.24) is 14.7 Å². The highest BCUT2D eigenvalue weighted by molar-refractivity contribution is 5.76. The zero-order chi connectivity index (χ0) is 19.7. The first kappa shape index (κ1) is 18.9. The molecule has 7 heteroatoms. The molecule has 2 aliphatic heterocycles. The number of carbonyl (C=O) groups is 1. The molecule has 1 aromatic carbocycles. The molecule has 6 nitrogen and oxygen atoms in total. The van der Waals surface area contributed by atoms with E-state index < -0.39 is 0 Å². The Bertz CT molecular complexity index is 827. The third kappa shape index (κ3) is 3.90. The van der Waals surface area contributed by atoms with Crippen LogP contribution >= 0.6 is 0 Å². The summed E-state index contributed by atoms with van der Waals surface area (Å²) >= 11 is 0. The number of anilines is 1. The van der Waals surface area contributed by atoms with Crippen molar-refractivity contribution in [1.29, 1.82) is 0 Å². The van der Waals surface area contributed by atoms with E-state index in [1.807, 2.05) is 25.1 Å². The standard InChI is InChI=1S/C21H27FN4O2/c1-16-12-23-26(13-16)14-20(27)25-9-7-21(8-10-25)11-19(15-28-21)24(2)18-5-3-17(22)4-6-18/h3-6,12-13,19H,7-11,14-15H2,1-2H3/t19-/m1/s1. The number of piperidine rings is 1. The smallest absolute Gasteiger partial charge is 0.244 e. The number of likely N-dealkylation sites (tertiary alicyclic amines) is 1. The molecule has 0 bridgehead atoms. The summed E-state index contributed by atoms with van der Waals surface area (Å²) < 4.78 is 21.1. The van der Waals surface area contributed by atoms with Gasteiger partial charge in [-0.15, -0.1) is 0 Å². The number of amides is 1. The molecule has 3 heterocycles. The highest BCUT2D eigenvalue weighted by atomic mass is 19.1. The lowest BCUT2D eigenvalue weighted by Gasteiger charge is -2.39. The number of nitrogens with zero attached hydrogens (tertiary/aromatic N) is 4. The number of aromatic nitrogens is 2. The normalized spacial score (nSPS) is 21.2. The van der Waals surface area contributed by atoms with E-state index in [4.69, 9.17) is 4.74 Å². The summed E-state index contributed by atoms with van der Waals surface area (Å²) in [6.45, 7) is 4.35. The number of halogens is 1. The van der Waals surface area contributed by atoms with Crippen molar-refractivity contribution in [3.05, 3.63) is 48.0 Å². The second-order valence-corrected chi connectivity index (χ2v) is 8.04. The van der Waals surface area contributed by atoms with Gasteiger partial charge in [-0.1, -0.05) is 0 Å². The predicted molar refractivity (Wildman–Crippen MR) is 105 cm³/mol. The van der Waals surface area contributed by atoms with E-state index in [1.165, 1.54) is 12.1 Å². The number of hydrogen-bond acceptors (Lipinski definition) is 4. The third-order valence-electron chi connectivity index (χ3n) is 6.06. The van der Waals surface area contributed by atoms with Crippen LogP contribution in [-0.2, 0) is 16.1 Å². The van der Waals surface area contributed by atoms with Crippen molar-refractivity contribution < 1.29 is 13.9 Å². The molecule has 2 aromatic rings. The molecule has 1 aromatic heterocycles. The molecular weight excluding hydrogens is 359 g/mol. The number of aryl methyl sites for hydroxylation is 1. The molecule has 0 saturated carbocycles. The van der Waals surface area contributed by atoms with Gasteiger partial charge in [-0.25, -0.2) is 4.39 Å². The van der Waals surface area contributed by atoms with Crippen LogP contribution in [0.2, 0.25) is 0 Å². The highest BCUT2D eigenvalue weighted by Crippen LogP contribution is 2.38. The van der Waals surface area contributed by atoms with Gasteiger partial charge in [0.25, 0.3) is 0 Å². The minimum atomic E-state index is -0.224. The van der Waals surface area contributed by atoms with E-state index in [2.05, 4.69) is 10.00 Å². The summed E-state index contributed by atoms with van der Waals surface area (Å²) in [6, 6.07) is 6.85. The monoisotopic (exact) mass is 386 g/mol. The van der Waals surface area contributed by atoms with Gasteiger partial charge in [0.1, 0.15) is 12.4 Å². The Hall–Kier alpha value is -2.41. The van der Waals surface area contributed by atoms with Crippen LogP contribution in [0.3, 0.4) is 0 Å². The van der Waals surface area contributed by atoms with Crippen LogP contribution in [-0.4, -0.2) is 59.0 Å². The lowest BCUT2D eigenvalue weighted by atomic mass is 9.87. The van der Waals surface area contributed by atoms with E-state index in [-0.39, 0.29) is 29.9 Å². The molecule has 1 amide bonds. The van der Waals surface area contributed by atoms with Gasteiger partial charge in [0.05, 0.1) is 24.4 Å².